The summed E-state index contributed by atoms with van der Waals surface area (Å²) < 4.78 is 2.64. The molecule has 1 aromatic carbocycles. The van der Waals surface area contributed by atoms with Gasteiger partial charge in [0.05, 0.1) is 21.1 Å². The first-order chi connectivity index (χ1) is 10.9. The van der Waals surface area contributed by atoms with Crippen molar-refractivity contribution in [2.24, 2.45) is 0 Å². The number of rotatable bonds is 5. The van der Waals surface area contributed by atoms with E-state index in [2.05, 4.69) is 45.5 Å². The fraction of sp³-hybridized carbons (Fsp3) is 0.333. The van der Waals surface area contributed by atoms with Crippen LogP contribution in [0.4, 0.5) is 5.82 Å². The van der Waals surface area contributed by atoms with E-state index < -0.39 is 0 Å². The van der Waals surface area contributed by atoms with Crippen molar-refractivity contribution < 1.29 is 0 Å². The second-order valence-corrected chi connectivity index (χ2v) is 7.26. The molecular weight excluding hydrogens is 419 g/mol. The van der Waals surface area contributed by atoms with E-state index in [4.69, 9.17) is 35.4 Å². The van der Waals surface area contributed by atoms with Crippen LogP contribution in [0.15, 0.2) is 28.9 Å². The quantitative estimate of drug-likeness (QED) is 0.642. The van der Waals surface area contributed by atoms with Crippen molar-refractivity contribution in [3.63, 3.8) is 0 Å². The fourth-order valence-electron chi connectivity index (χ4n) is 1.86. The first kappa shape index (κ1) is 18.5. The Labute approximate surface area is 159 Å². The predicted molar refractivity (Wildman–Crippen MR) is 105 cm³/mol. The van der Waals surface area contributed by atoms with Gasteiger partial charge in [0.2, 0.25) is 0 Å². The molecule has 1 unspecified atom stereocenters. The number of nitrogens with zero attached hydrogens (tertiary/aromatic N) is 2. The Morgan fingerprint density at radius 1 is 1.39 bits per heavy atom. The van der Waals surface area contributed by atoms with Crippen LogP contribution >= 0.6 is 51.3 Å². The average molecular weight is 436 g/mol. The molecule has 2 aromatic rings. The minimum Gasteiger partial charge on any atom is -0.360 e. The molecule has 0 saturated heterocycles. The number of benzene rings is 1. The summed E-state index contributed by atoms with van der Waals surface area (Å²) in [6.45, 7) is 4.76. The smallest absolute Gasteiger partial charge is 0.172 e. The van der Waals surface area contributed by atoms with Crippen LogP contribution in [-0.2, 0) is 6.54 Å². The summed E-state index contributed by atoms with van der Waals surface area (Å²) in [5, 5.41) is 12.4. The fourth-order valence-corrected chi connectivity index (χ4v) is 2.89. The van der Waals surface area contributed by atoms with E-state index in [1.807, 2.05) is 18.3 Å². The van der Waals surface area contributed by atoms with Gasteiger partial charge in [0.25, 0.3) is 0 Å². The van der Waals surface area contributed by atoms with Crippen molar-refractivity contribution in [2.75, 3.05) is 5.32 Å². The van der Waals surface area contributed by atoms with Gasteiger partial charge in [-0.3, -0.25) is 4.68 Å². The lowest BCUT2D eigenvalue weighted by Gasteiger charge is -2.14. The topological polar surface area (TPSA) is 41.9 Å². The van der Waals surface area contributed by atoms with Crippen LogP contribution in [0.25, 0.3) is 0 Å². The maximum atomic E-state index is 6.04. The van der Waals surface area contributed by atoms with Crippen molar-refractivity contribution >= 4 is 62.3 Å². The molecule has 0 bridgehead atoms. The van der Waals surface area contributed by atoms with Crippen molar-refractivity contribution in [3.8, 4) is 0 Å². The molecule has 0 fully saturated rings. The lowest BCUT2D eigenvalue weighted by molar-refractivity contribution is 0.645. The summed E-state index contributed by atoms with van der Waals surface area (Å²) in [6, 6.07) is 5.85. The van der Waals surface area contributed by atoms with E-state index >= 15 is 0 Å². The molecule has 0 amide bonds. The van der Waals surface area contributed by atoms with Crippen molar-refractivity contribution in [1.82, 2.24) is 15.1 Å². The molecule has 0 saturated carbocycles. The first-order valence-corrected chi connectivity index (χ1v) is 9.09. The molecule has 23 heavy (non-hydrogen) atoms. The molecule has 2 N–H and O–H groups in total. The third-order valence-corrected chi connectivity index (χ3v) is 4.81. The largest absolute Gasteiger partial charge is 0.360 e. The zero-order chi connectivity index (χ0) is 17.0. The number of nitrogens with one attached hydrogen (secondary N) is 2. The molecule has 0 radical (unpaired) electrons. The van der Waals surface area contributed by atoms with Gasteiger partial charge >= 0.3 is 0 Å². The molecular formula is C15H17BrCl2N4S. The molecule has 2 rings (SSSR count). The minimum atomic E-state index is 0.312. The molecule has 4 nitrogen and oxygen atoms in total. The Hall–Kier alpha value is -0.820. The Morgan fingerprint density at radius 3 is 2.78 bits per heavy atom. The third kappa shape index (κ3) is 5.35. The van der Waals surface area contributed by atoms with Crippen LogP contribution in [0.2, 0.25) is 10.0 Å². The number of halogens is 3. The summed E-state index contributed by atoms with van der Waals surface area (Å²) >= 11 is 20.7. The molecule has 1 atom stereocenters. The zero-order valence-electron chi connectivity index (χ0n) is 12.7. The van der Waals surface area contributed by atoms with Crippen LogP contribution < -0.4 is 10.6 Å². The summed E-state index contributed by atoms with van der Waals surface area (Å²) in [6.07, 6.45) is 2.88. The lowest BCUT2D eigenvalue weighted by atomic mass is 10.2. The normalized spacial score (nSPS) is 12.0. The standard InChI is InChI=1S/C15H17BrCl2N4S/c1-3-9(2)19-15(23)20-14-11(16)8-22(21-14)7-10-4-5-12(17)13(18)6-10/h4-6,8-9H,3,7H2,1-2H3,(H2,19,20,21,23). The lowest BCUT2D eigenvalue weighted by Crippen LogP contribution is -2.35. The Bertz CT molecular complexity index is 705. The summed E-state index contributed by atoms with van der Waals surface area (Å²) in [5.41, 5.74) is 1.02. The third-order valence-electron chi connectivity index (χ3n) is 3.27. The Balaban J connectivity index is 2.05. The number of aromatic nitrogens is 2. The summed E-state index contributed by atoms with van der Waals surface area (Å²) in [4.78, 5) is 0. The maximum absolute atomic E-state index is 6.04. The molecule has 0 aliphatic heterocycles. The second kappa shape index (κ2) is 8.33. The molecule has 0 aliphatic carbocycles. The van der Waals surface area contributed by atoms with Crippen molar-refractivity contribution in [2.45, 2.75) is 32.9 Å². The van der Waals surface area contributed by atoms with Crippen LogP contribution in [0, 0.1) is 0 Å². The summed E-state index contributed by atoms with van der Waals surface area (Å²) in [5.74, 6) is 0.672. The van der Waals surface area contributed by atoms with E-state index in [-0.39, 0.29) is 0 Å². The van der Waals surface area contributed by atoms with Gasteiger partial charge in [-0.05, 0) is 59.2 Å². The molecule has 124 valence electrons. The van der Waals surface area contributed by atoms with Gasteiger partial charge in [0.15, 0.2) is 10.9 Å². The molecule has 1 heterocycles. The van der Waals surface area contributed by atoms with Crippen LogP contribution in [0.5, 0.6) is 0 Å². The van der Waals surface area contributed by atoms with Crippen LogP contribution in [0.1, 0.15) is 25.8 Å². The van der Waals surface area contributed by atoms with Crippen molar-refractivity contribution in [1.29, 1.82) is 0 Å². The predicted octanol–water partition coefficient (Wildman–Crippen LogP) is 5.09. The van der Waals surface area contributed by atoms with Gasteiger partial charge in [-0.1, -0.05) is 36.2 Å². The van der Waals surface area contributed by atoms with Gasteiger partial charge in [-0.15, -0.1) is 0 Å². The van der Waals surface area contributed by atoms with E-state index in [0.717, 1.165) is 16.5 Å². The van der Waals surface area contributed by atoms with E-state index in [9.17, 15) is 0 Å². The van der Waals surface area contributed by atoms with E-state index in [1.54, 1.807) is 10.7 Å². The maximum Gasteiger partial charge on any atom is 0.172 e. The van der Waals surface area contributed by atoms with Gasteiger partial charge in [0, 0.05) is 12.2 Å². The van der Waals surface area contributed by atoms with Gasteiger partial charge < -0.3 is 10.6 Å². The van der Waals surface area contributed by atoms with Crippen molar-refractivity contribution in [3.05, 3.63) is 44.5 Å². The highest BCUT2D eigenvalue weighted by molar-refractivity contribution is 9.10. The van der Waals surface area contributed by atoms with Gasteiger partial charge in [0.1, 0.15) is 0 Å². The molecule has 8 heteroatoms. The zero-order valence-corrected chi connectivity index (χ0v) is 16.7. The number of hydrogen-bond donors (Lipinski definition) is 2. The Morgan fingerprint density at radius 2 is 2.13 bits per heavy atom. The number of anilines is 1. The first-order valence-electron chi connectivity index (χ1n) is 7.13. The minimum absolute atomic E-state index is 0.312. The molecule has 0 aliphatic rings. The van der Waals surface area contributed by atoms with Gasteiger partial charge in [-0.25, -0.2) is 0 Å². The highest BCUT2D eigenvalue weighted by Crippen LogP contribution is 2.24. The molecule has 1 aromatic heterocycles. The van der Waals surface area contributed by atoms with Crippen LogP contribution in [-0.4, -0.2) is 20.9 Å². The average Bonchev–Trinajstić information content (AvgIpc) is 2.82. The molecule has 0 spiro atoms. The van der Waals surface area contributed by atoms with E-state index in [0.29, 0.717) is 33.6 Å². The number of hydrogen-bond acceptors (Lipinski definition) is 2. The SMILES string of the molecule is CCC(C)NC(=S)Nc1nn(Cc2ccc(Cl)c(Cl)c2)cc1Br. The second-order valence-electron chi connectivity index (χ2n) is 5.18. The van der Waals surface area contributed by atoms with Gasteiger partial charge in [-0.2, -0.15) is 5.10 Å². The van der Waals surface area contributed by atoms with Crippen LogP contribution in [0.3, 0.4) is 0 Å². The highest BCUT2D eigenvalue weighted by atomic mass is 79.9. The van der Waals surface area contributed by atoms with E-state index in [1.165, 1.54) is 0 Å². The Kier molecular flexibility index (Phi) is 6.71. The monoisotopic (exact) mass is 434 g/mol. The highest BCUT2D eigenvalue weighted by Gasteiger charge is 2.10. The summed E-state index contributed by atoms with van der Waals surface area (Å²) in [7, 11) is 0. The number of thiocarbonyl (C=S) groups is 1.